The number of phosphoric ester groups is 1. The van der Waals surface area contributed by atoms with Crippen molar-refractivity contribution in [2.45, 2.75) is 130 Å². The number of fused-ring (bicyclic) bond motifs is 6. The van der Waals surface area contributed by atoms with E-state index >= 15 is 4.79 Å². The Kier molecular flexibility index (Phi) is 23.4. The average Bonchev–Trinajstić information content (AvgIpc) is 1.11. The molecular weight excluding hydrogens is 1350 g/mol. The van der Waals surface area contributed by atoms with Crippen molar-refractivity contribution < 1.29 is 66.7 Å². The summed E-state index contributed by atoms with van der Waals surface area (Å²) in [6.07, 6.45) is 6.47. The Hall–Kier alpha value is -7.39. The van der Waals surface area contributed by atoms with Gasteiger partial charge in [0.2, 0.25) is 29.5 Å². The number of unbranched alkanes of at least 4 members (excludes halogenated alkanes) is 1. The standard InChI is InChI=1S/C67H86Cl2N11O14PS2/c1-36(2)56(76-60(85)42(22-39(5)81)12-9-10-18-71-40(6)82)49(83)23-43(13-11-19-72-63(70)88)59(84)75-46-16-14-41(15-17-46)32-92-64(96)77(7)20-21-78(8)65(97)93-50-24-47-54(52-37(3)28-73-57(50)52)44(26-68)30-79(47)61(86)66-33-67(34-66,35-66)62(87)80-31-45(27-69)55-48(80)25-51(94-95(89,90)91)58-53(55)38(4)29-74-58/h14-17,24-25,28-29,36,42-45,56,73-74H,9-13,18-23,26-27,30-35H2,1-8H3,(H,71,82)(H,75,84)(H,76,85)(H3,70,72,88)(H2,89,90,91)/t42-,43-,44-,45-,56+,66?,67?/m1/s1. The zero-order chi connectivity index (χ0) is 70.6. The number of thiocarbonyl (C=S) groups is 2. The van der Waals surface area contributed by atoms with E-state index in [1.54, 1.807) is 78.0 Å². The highest BCUT2D eigenvalue weighted by atomic mass is 35.5. The van der Waals surface area contributed by atoms with Crippen molar-refractivity contribution in [2.75, 3.05) is 80.2 Å². The molecule has 0 radical (unpaired) electrons. The number of hydrogen-bond donors (Lipinski definition) is 9. The first-order chi connectivity index (χ1) is 45.9. The number of alkyl halides is 2. The number of anilines is 3. The molecule has 10 N–H and O–H groups in total. The zero-order valence-electron chi connectivity index (χ0n) is 55.7. The normalized spacial score (nSPS) is 19.2. The SMILES string of the molecule is CC(=O)C[C@@H](CCCCNC(C)=O)C(=O)N[C@H](C(=O)C[C@@H](CCCNC(N)=O)C(=O)Nc1ccc(COC(=S)N(C)CCN(C)C(=S)Oc2cc3c(c4c(C)c[nH]c24)[C@H](CCl)CN3C(=O)C23CC(C(=O)N4C[C@@H](CCl)c5c4cc(OP(=O)(O)O)c4[nH]cc(C)c54)(C2)C3)cc1)C(C)C. The maximum atomic E-state index is 15.0. The van der Waals surface area contributed by atoms with Gasteiger partial charge in [-0.3, -0.25) is 38.6 Å². The van der Waals surface area contributed by atoms with E-state index in [9.17, 15) is 47.9 Å². The number of aromatic amines is 2. The number of carbonyl (C=O) groups excluding carboxylic acids is 8. The molecule has 5 aromatic rings. The predicted molar refractivity (Wildman–Crippen MR) is 378 cm³/mol. The monoisotopic (exact) mass is 1430 g/mol. The number of carbonyl (C=O) groups is 8. The van der Waals surface area contributed by atoms with Crippen LogP contribution in [0.4, 0.5) is 21.9 Å². The molecule has 0 spiro atoms. The molecule has 3 saturated carbocycles. The van der Waals surface area contributed by atoms with Crippen molar-refractivity contribution in [3.8, 4) is 11.5 Å². The van der Waals surface area contributed by atoms with Crippen molar-refractivity contribution in [3.05, 3.63) is 76.6 Å². The number of nitrogens with two attached hydrogens (primary N) is 1. The fourth-order valence-corrected chi connectivity index (χ4v) is 15.4. The Bertz CT molecular complexity index is 3930. The van der Waals surface area contributed by atoms with Gasteiger partial charge in [0, 0.05) is 150 Å². The van der Waals surface area contributed by atoms with Gasteiger partial charge in [0.1, 0.15) is 12.4 Å². The summed E-state index contributed by atoms with van der Waals surface area (Å²) in [7, 11) is -1.40. The molecule has 2 aromatic heterocycles. The Morgan fingerprint density at radius 2 is 1.26 bits per heavy atom. The van der Waals surface area contributed by atoms with Gasteiger partial charge in [-0.05, 0) is 136 Å². The van der Waals surface area contributed by atoms with Crippen LogP contribution in [0.1, 0.15) is 132 Å². The number of likely N-dealkylation sites (N-methyl/N-ethyl adjacent to an activating group) is 2. The van der Waals surface area contributed by atoms with Crippen molar-refractivity contribution in [2.24, 2.45) is 34.3 Å². The Labute approximate surface area is 583 Å². The molecule has 2 aliphatic heterocycles. The molecule has 25 nitrogen and oxygen atoms in total. The second-order valence-electron chi connectivity index (χ2n) is 26.8. The number of ketones is 2. The van der Waals surface area contributed by atoms with Gasteiger partial charge in [0.25, 0.3) is 10.3 Å². The highest BCUT2D eigenvalue weighted by molar-refractivity contribution is 7.80. The Morgan fingerprint density at radius 3 is 1.77 bits per heavy atom. The van der Waals surface area contributed by atoms with E-state index in [0.29, 0.717) is 110 Å². The summed E-state index contributed by atoms with van der Waals surface area (Å²) < 4.78 is 29.8. The van der Waals surface area contributed by atoms with E-state index in [2.05, 4.69) is 31.2 Å². The molecule has 2 bridgehead atoms. The number of ether oxygens (including phenoxy) is 2. The number of nitrogens with one attached hydrogen (secondary N) is 6. The smallest absolute Gasteiger partial charge is 0.466 e. The average molecular weight is 1440 g/mol. The molecule has 0 unspecified atom stereocenters. The molecule has 7 amide bonds. The van der Waals surface area contributed by atoms with Crippen LogP contribution >= 0.6 is 55.5 Å². The Balaban J connectivity index is 0.781. The van der Waals surface area contributed by atoms with E-state index in [1.165, 1.54) is 19.9 Å². The fourth-order valence-electron chi connectivity index (χ4n) is 14.2. The van der Waals surface area contributed by atoms with E-state index in [0.717, 1.165) is 33.2 Å². The largest absolute Gasteiger partial charge is 0.524 e. The van der Waals surface area contributed by atoms with Crippen LogP contribution in [0.25, 0.3) is 21.8 Å². The van der Waals surface area contributed by atoms with Crippen molar-refractivity contribution in [3.63, 3.8) is 0 Å². The third-order valence-corrected chi connectivity index (χ3v) is 21.1. The lowest BCUT2D eigenvalue weighted by Crippen LogP contribution is -2.73. The van der Waals surface area contributed by atoms with E-state index in [1.807, 2.05) is 26.1 Å². The first-order valence-electron chi connectivity index (χ1n) is 32.5. The zero-order valence-corrected chi connectivity index (χ0v) is 59.7. The van der Waals surface area contributed by atoms with Crippen LogP contribution in [-0.4, -0.2) is 158 Å². The lowest BCUT2D eigenvalue weighted by molar-refractivity contribution is -0.205. The summed E-state index contributed by atoms with van der Waals surface area (Å²) >= 11 is 24.8. The van der Waals surface area contributed by atoms with Crippen LogP contribution in [-0.2, 0) is 49.5 Å². The number of H-pyrrole nitrogens is 2. The molecule has 3 aromatic carbocycles. The first-order valence-corrected chi connectivity index (χ1v) is 35.9. The van der Waals surface area contributed by atoms with E-state index in [-0.39, 0.29) is 114 Å². The number of nitrogens with zero attached hydrogens (tertiary/aromatic N) is 4. The molecule has 5 atom stereocenters. The number of hydrogen-bond acceptors (Lipinski definition) is 14. The second-order valence-corrected chi connectivity index (χ2v) is 29.3. The molecule has 5 aliphatic rings. The van der Waals surface area contributed by atoms with Crippen molar-refractivity contribution in [1.82, 2.24) is 35.7 Å². The number of aryl methyl sites for hydroxylation is 2. The molecule has 30 heteroatoms. The summed E-state index contributed by atoms with van der Waals surface area (Å²) in [5.41, 5.74) is 10.5. The van der Waals surface area contributed by atoms with E-state index < -0.39 is 54.4 Å². The van der Waals surface area contributed by atoms with Gasteiger partial charge in [-0.25, -0.2) is 9.36 Å². The number of Topliss-reactive ketones (excluding diaryl/α,β-unsaturated/α-hetero) is 2. The van der Waals surface area contributed by atoms with Gasteiger partial charge in [-0.1, -0.05) is 32.4 Å². The highest BCUT2D eigenvalue weighted by Gasteiger charge is 2.76. The minimum atomic E-state index is -4.98. The van der Waals surface area contributed by atoms with Crippen LogP contribution in [0.3, 0.4) is 0 Å². The van der Waals surface area contributed by atoms with Crippen LogP contribution in [0.2, 0.25) is 0 Å². The number of amides is 7. The third-order valence-electron chi connectivity index (χ3n) is 19.1. The molecule has 10 rings (SSSR count). The third kappa shape index (κ3) is 16.5. The molecule has 0 saturated heterocycles. The first kappa shape index (κ1) is 73.8. The van der Waals surface area contributed by atoms with Crippen molar-refractivity contribution in [1.29, 1.82) is 0 Å². The number of aromatic nitrogens is 2. The fraction of sp³-hybridized carbons (Fsp3) is 0.522. The minimum Gasteiger partial charge on any atom is -0.466 e. The maximum Gasteiger partial charge on any atom is 0.524 e. The molecule has 3 aliphatic carbocycles. The van der Waals surface area contributed by atoms with Crippen molar-refractivity contribution >= 4 is 152 Å². The molecular formula is C67H86Cl2N11O14PS2. The van der Waals surface area contributed by atoms with Gasteiger partial charge in [0.05, 0.1) is 39.3 Å². The number of urea groups is 1. The number of phosphoric acid groups is 1. The van der Waals surface area contributed by atoms with Gasteiger partial charge in [-0.2, -0.15) is 0 Å². The number of halogens is 2. The molecule has 97 heavy (non-hydrogen) atoms. The molecule has 3 fully saturated rings. The van der Waals surface area contributed by atoms with Crippen LogP contribution in [0.5, 0.6) is 11.5 Å². The van der Waals surface area contributed by atoms with Crippen LogP contribution < -0.4 is 46.1 Å². The summed E-state index contributed by atoms with van der Waals surface area (Å²) in [5.74, 6) is -3.41. The molecule has 524 valence electrons. The van der Waals surface area contributed by atoms with Crippen LogP contribution in [0, 0.1) is 42.4 Å². The van der Waals surface area contributed by atoms with Gasteiger partial charge < -0.3 is 75.4 Å². The molecule has 4 heterocycles. The quantitative estimate of drug-likeness (QED) is 0.00864. The Morgan fingerprint density at radius 1 is 0.742 bits per heavy atom. The summed E-state index contributed by atoms with van der Waals surface area (Å²) in [6.45, 7) is 12.3. The number of benzene rings is 3. The maximum absolute atomic E-state index is 15.0. The topological polar surface area (TPSA) is 340 Å². The van der Waals surface area contributed by atoms with Gasteiger partial charge in [0.15, 0.2) is 17.3 Å². The second kappa shape index (κ2) is 30.8. The van der Waals surface area contributed by atoms with Gasteiger partial charge >= 0.3 is 13.9 Å². The lowest BCUT2D eigenvalue weighted by atomic mass is 9.34. The highest BCUT2D eigenvalue weighted by Crippen LogP contribution is 2.75. The van der Waals surface area contributed by atoms with E-state index in [4.69, 9.17) is 67.4 Å². The van der Waals surface area contributed by atoms with Gasteiger partial charge in [-0.15, -0.1) is 23.2 Å². The number of rotatable bonds is 31. The minimum absolute atomic E-state index is 0.00640. The summed E-state index contributed by atoms with van der Waals surface area (Å²) in [4.78, 5) is 139. The lowest BCUT2D eigenvalue weighted by Gasteiger charge is -2.69. The predicted octanol–water partition coefficient (Wildman–Crippen LogP) is 8.98. The summed E-state index contributed by atoms with van der Waals surface area (Å²) in [5, 5.41) is 12.9. The van der Waals surface area contributed by atoms with Crippen LogP contribution in [0.15, 0.2) is 48.8 Å². The summed E-state index contributed by atoms with van der Waals surface area (Å²) in [6, 6.07) is 8.59. The number of primary amides is 1.